The van der Waals surface area contributed by atoms with Gasteiger partial charge in [-0.3, -0.25) is 16.3 Å². The topological polar surface area (TPSA) is 60.2 Å². The smallest absolute Gasteiger partial charge is 0.385 e. The maximum absolute atomic E-state index is 12.8. The molecule has 1 atom stereocenters. The number of alkyl halides is 3. The van der Waals surface area contributed by atoms with Crippen LogP contribution in [0, 0.1) is 0 Å². The van der Waals surface area contributed by atoms with Crippen molar-refractivity contribution in [1.29, 1.82) is 0 Å². The maximum Gasteiger partial charge on any atom is 0.416 e. The molecule has 0 aliphatic rings. The van der Waals surface area contributed by atoms with Gasteiger partial charge in [-0.05, 0) is 18.9 Å². The van der Waals surface area contributed by atoms with Crippen LogP contribution < -0.4 is 11.3 Å². The molecule has 102 valence electrons. The van der Waals surface area contributed by atoms with E-state index in [0.29, 0.717) is 19.4 Å². The van der Waals surface area contributed by atoms with E-state index in [1.165, 1.54) is 13.3 Å². The number of ether oxygens (including phenoxy) is 1. The summed E-state index contributed by atoms with van der Waals surface area (Å²) in [5.74, 6) is 5.31. The zero-order valence-electron chi connectivity index (χ0n) is 10.00. The Morgan fingerprint density at radius 2 is 2.22 bits per heavy atom. The van der Waals surface area contributed by atoms with Gasteiger partial charge in [0, 0.05) is 37.7 Å². The number of nitrogens with one attached hydrogen (secondary N) is 1. The van der Waals surface area contributed by atoms with Crippen LogP contribution in [0.15, 0.2) is 18.5 Å². The SMILES string of the molecule is COCCCC(NN)c1cnccc1C(F)(F)F. The first kappa shape index (κ1) is 14.9. The number of hydrogen-bond donors (Lipinski definition) is 2. The number of rotatable bonds is 6. The van der Waals surface area contributed by atoms with Gasteiger partial charge in [0.25, 0.3) is 0 Å². The molecule has 1 rings (SSSR count). The van der Waals surface area contributed by atoms with E-state index in [1.54, 1.807) is 0 Å². The van der Waals surface area contributed by atoms with Crippen LogP contribution in [0.1, 0.15) is 30.0 Å². The highest BCUT2D eigenvalue weighted by Crippen LogP contribution is 2.34. The van der Waals surface area contributed by atoms with E-state index in [1.807, 2.05) is 0 Å². The molecule has 1 heterocycles. The summed E-state index contributed by atoms with van der Waals surface area (Å²) in [6.45, 7) is 0.472. The van der Waals surface area contributed by atoms with Crippen molar-refractivity contribution >= 4 is 0 Å². The van der Waals surface area contributed by atoms with Crippen LogP contribution in [0.2, 0.25) is 0 Å². The van der Waals surface area contributed by atoms with E-state index in [0.717, 1.165) is 12.3 Å². The van der Waals surface area contributed by atoms with E-state index in [-0.39, 0.29) is 5.56 Å². The van der Waals surface area contributed by atoms with Crippen molar-refractivity contribution in [2.75, 3.05) is 13.7 Å². The summed E-state index contributed by atoms with van der Waals surface area (Å²) in [6, 6.07) is 0.362. The second-order valence-electron chi connectivity index (χ2n) is 3.81. The van der Waals surface area contributed by atoms with Gasteiger partial charge in [0.2, 0.25) is 0 Å². The normalized spacial score (nSPS) is 13.6. The Balaban J connectivity index is 2.91. The Bertz CT molecular complexity index is 371. The fourth-order valence-corrected chi connectivity index (χ4v) is 1.70. The van der Waals surface area contributed by atoms with Crippen molar-refractivity contribution in [3.63, 3.8) is 0 Å². The Kier molecular flexibility index (Phi) is 5.52. The van der Waals surface area contributed by atoms with Gasteiger partial charge in [-0.2, -0.15) is 13.2 Å². The van der Waals surface area contributed by atoms with Crippen LogP contribution >= 0.6 is 0 Å². The number of nitrogens with zero attached hydrogens (tertiary/aromatic N) is 1. The second-order valence-corrected chi connectivity index (χ2v) is 3.81. The molecule has 0 aliphatic carbocycles. The number of methoxy groups -OCH3 is 1. The molecule has 3 N–H and O–H groups in total. The Labute approximate surface area is 103 Å². The lowest BCUT2D eigenvalue weighted by molar-refractivity contribution is -0.138. The number of hydrogen-bond acceptors (Lipinski definition) is 4. The van der Waals surface area contributed by atoms with Gasteiger partial charge in [-0.1, -0.05) is 0 Å². The number of pyridine rings is 1. The van der Waals surface area contributed by atoms with E-state index in [9.17, 15) is 13.2 Å². The van der Waals surface area contributed by atoms with Crippen molar-refractivity contribution in [3.05, 3.63) is 29.6 Å². The van der Waals surface area contributed by atoms with Gasteiger partial charge in [0.15, 0.2) is 0 Å². The lowest BCUT2D eigenvalue weighted by Crippen LogP contribution is -2.30. The second kappa shape index (κ2) is 6.67. The molecule has 0 aliphatic heterocycles. The summed E-state index contributed by atoms with van der Waals surface area (Å²) < 4.78 is 43.3. The first-order valence-electron chi connectivity index (χ1n) is 5.47. The molecular formula is C11H16F3N3O. The summed E-state index contributed by atoms with van der Waals surface area (Å²) in [6.07, 6.45) is -1.04. The standard InChI is InChI=1S/C11H16F3N3O/c1-18-6-2-3-10(17-15)8-7-16-5-4-9(8)11(12,13)14/h4-5,7,10,17H,2-3,6,15H2,1H3. The lowest BCUT2D eigenvalue weighted by atomic mass is 9.99. The third-order valence-corrected chi connectivity index (χ3v) is 2.58. The Morgan fingerprint density at radius 1 is 1.50 bits per heavy atom. The first-order valence-corrected chi connectivity index (χ1v) is 5.47. The van der Waals surface area contributed by atoms with Gasteiger partial charge < -0.3 is 4.74 Å². The van der Waals surface area contributed by atoms with Crippen LogP contribution in [0.4, 0.5) is 13.2 Å². The van der Waals surface area contributed by atoms with Gasteiger partial charge in [0.1, 0.15) is 0 Å². The highest BCUT2D eigenvalue weighted by atomic mass is 19.4. The van der Waals surface area contributed by atoms with E-state index >= 15 is 0 Å². The molecule has 0 fully saturated rings. The maximum atomic E-state index is 12.8. The molecule has 1 aromatic rings. The van der Waals surface area contributed by atoms with Gasteiger partial charge >= 0.3 is 6.18 Å². The highest BCUT2D eigenvalue weighted by molar-refractivity contribution is 5.29. The van der Waals surface area contributed by atoms with E-state index in [2.05, 4.69) is 10.4 Å². The quantitative estimate of drug-likeness (QED) is 0.468. The van der Waals surface area contributed by atoms with Crippen LogP contribution in [0.25, 0.3) is 0 Å². The molecule has 4 nitrogen and oxygen atoms in total. The zero-order valence-corrected chi connectivity index (χ0v) is 10.00. The third kappa shape index (κ3) is 3.94. The monoisotopic (exact) mass is 263 g/mol. The van der Waals surface area contributed by atoms with Crippen molar-refractivity contribution in [2.24, 2.45) is 5.84 Å². The molecule has 1 unspecified atom stereocenters. The lowest BCUT2D eigenvalue weighted by Gasteiger charge is -2.20. The molecule has 0 saturated carbocycles. The molecule has 7 heteroatoms. The molecule has 0 aromatic carbocycles. The van der Waals surface area contributed by atoms with Crippen LogP contribution in [0.3, 0.4) is 0 Å². The number of aromatic nitrogens is 1. The predicted octanol–water partition coefficient (Wildman–Crippen LogP) is 2.03. The summed E-state index contributed by atoms with van der Waals surface area (Å²) in [5.41, 5.74) is 1.74. The minimum Gasteiger partial charge on any atom is -0.385 e. The van der Waals surface area contributed by atoms with Crippen LogP contribution in [-0.2, 0) is 10.9 Å². The number of hydrazine groups is 1. The average Bonchev–Trinajstić information content (AvgIpc) is 2.34. The van der Waals surface area contributed by atoms with Crippen LogP contribution in [-0.4, -0.2) is 18.7 Å². The number of halogens is 3. The van der Waals surface area contributed by atoms with Crippen molar-refractivity contribution in [3.8, 4) is 0 Å². The largest absolute Gasteiger partial charge is 0.416 e. The fourth-order valence-electron chi connectivity index (χ4n) is 1.70. The third-order valence-electron chi connectivity index (χ3n) is 2.58. The van der Waals surface area contributed by atoms with Crippen LogP contribution in [0.5, 0.6) is 0 Å². The minimum absolute atomic E-state index is 0.0589. The Morgan fingerprint density at radius 3 is 2.78 bits per heavy atom. The summed E-state index contributed by atoms with van der Waals surface area (Å²) in [4.78, 5) is 3.73. The first-order chi connectivity index (χ1) is 8.50. The summed E-state index contributed by atoms with van der Waals surface area (Å²) >= 11 is 0. The Hall–Kier alpha value is -1.18. The molecule has 0 amide bonds. The molecule has 1 aromatic heterocycles. The van der Waals surface area contributed by atoms with Crippen molar-refractivity contribution < 1.29 is 17.9 Å². The van der Waals surface area contributed by atoms with Crippen molar-refractivity contribution in [1.82, 2.24) is 10.4 Å². The van der Waals surface area contributed by atoms with Gasteiger partial charge in [0.05, 0.1) is 5.56 Å². The molecule has 18 heavy (non-hydrogen) atoms. The van der Waals surface area contributed by atoms with Gasteiger partial charge in [-0.15, -0.1) is 0 Å². The summed E-state index contributed by atoms with van der Waals surface area (Å²) in [7, 11) is 1.54. The summed E-state index contributed by atoms with van der Waals surface area (Å²) in [5, 5.41) is 0. The minimum atomic E-state index is -4.41. The predicted molar refractivity (Wildman–Crippen MR) is 60.4 cm³/mol. The molecule has 0 saturated heterocycles. The molecule has 0 radical (unpaired) electrons. The highest BCUT2D eigenvalue weighted by Gasteiger charge is 2.34. The zero-order chi connectivity index (χ0) is 13.6. The molecular weight excluding hydrogens is 247 g/mol. The average molecular weight is 263 g/mol. The van der Waals surface area contributed by atoms with Gasteiger partial charge in [-0.25, -0.2) is 0 Å². The van der Waals surface area contributed by atoms with Crippen molar-refractivity contribution in [2.45, 2.75) is 25.1 Å². The molecule has 0 spiro atoms. The molecule has 0 bridgehead atoms. The fraction of sp³-hybridized carbons (Fsp3) is 0.545. The number of nitrogens with two attached hydrogens (primary N) is 1. The van der Waals surface area contributed by atoms with E-state index in [4.69, 9.17) is 10.6 Å². The van der Waals surface area contributed by atoms with E-state index < -0.39 is 17.8 Å².